The van der Waals surface area contributed by atoms with Crippen molar-refractivity contribution < 1.29 is 17.9 Å². The molecular formula is C28H31F3O. The van der Waals surface area contributed by atoms with Crippen LogP contribution in [0, 0.1) is 17.6 Å². The minimum absolute atomic E-state index is 0.0994. The Labute approximate surface area is 189 Å². The molecule has 1 aliphatic rings. The van der Waals surface area contributed by atoms with Gasteiger partial charge in [0.2, 0.25) is 0 Å². The van der Waals surface area contributed by atoms with Crippen molar-refractivity contribution in [1.29, 1.82) is 0 Å². The van der Waals surface area contributed by atoms with Crippen molar-refractivity contribution in [2.45, 2.75) is 39.0 Å². The smallest absolute Gasteiger partial charge is 0.166 e. The Balaban J connectivity index is 1.98. The fourth-order valence-electron chi connectivity index (χ4n) is 3.38. The highest BCUT2D eigenvalue weighted by atomic mass is 19.2. The third-order valence-corrected chi connectivity index (χ3v) is 5.64. The largest absolute Gasteiger partial charge is 0.497 e. The summed E-state index contributed by atoms with van der Waals surface area (Å²) in [4.78, 5) is 0. The lowest BCUT2D eigenvalue weighted by Crippen LogP contribution is -2.05. The zero-order valence-corrected chi connectivity index (χ0v) is 18.9. The molecule has 0 saturated carbocycles. The molecule has 0 N–H and O–H groups in total. The van der Waals surface area contributed by atoms with E-state index in [2.05, 4.69) is 33.2 Å². The maximum atomic E-state index is 14.7. The summed E-state index contributed by atoms with van der Waals surface area (Å²) in [5.41, 5.74) is 2.69. The third-order valence-electron chi connectivity index (χ3n) is 5.64. The number of ether oxygens (including phenoxy) is 1. The van der Waals surface area contributed by atoms with Gasteiger partial charge in [0, 0.05) is 17.2 Å². The van der Waals surface area contributed by atoms with E-state index in [9.17, 15) is 13.2 Å². The SMILES string of the molecule is C=C(/C=C\C(=C)C(=C)/C(F)=C\C(=C)OC)CCc1ccc(C2=CCC(C)CC2)c(F)c1F. The average Bonchev–Trinajstić information content (AvgIpc) is 2.78. The summed E-state index contributed by atoms with van der Waals surface area (Å²) < 4.78 is 48.2. The van der Waals surface area contributed by atoms with Crippen molar-refractivity contribution in [2.24, 2.45) is 5.92 Å². The van der Waals surface area contributed by atoms with Crippen LogP contribution in [0.3, 0.4) is 0 Å². The van der Waals surface area contributed by atoms with Gasteiger partial charge in [-0.05, 0) is 54.7 Å². The van der Waals surface area contributed by atoms with E-state index in [0.717, 1.165) is 30.9 Å². The van der Waals surface area contributed by atoms with Gasteiger partial charge in [0.05, 0.1) is 7.11 Å². The molecule has 1 nitrogen and oxygen atoms in total. The summed E-state index contributed by atoms with van der Waals surface area (Å²) in [6.45, 7) is 17.1. The predicted molar refractivity (Wildman–Crippen MR) is 128 cm³/mol. The molecule has 1 aliphatic carbocycles. The first-order valence-corrected chi connectivity index (χ1v) is 10.6. The first-order valence-electron chi connectivity index (χ1n) is 10.6. The average molecular weight is 441 g/mol. The van der Waals surface area contributed by atoms with Gasteiger partial charge >= 0.3 is 0 Å². The molecule has 0 fully saturated rings. The topological polar surface area (TPSA) is 9.23 Å². The normalized spacial score (nSPS) is 16.6. The molecule has 0 saturated heterocycles. The maximum Gasteiger partial charge on any atom is 0.166 e. The number of rotatable bonds is 10. The van der Waals surface area contributed by atoms with Crippen LogP contribution in [0.5, 0.6) is 0 Å². The number of hydrogen-bond acceptors (Lipinski definition) is 1. The number of benzene rings is 1. The van der Waals surface area contributed by atoms with Crippen LogP contribution in [0.25, 0.3) is 5.57 Å². The lowest BCUT2D eigenvalue weighted by molar-refractivity contribution is 0.307. The van der Waals surface area contributed by atoms with Crippen molar-refractivity contribution in [1.82, 2.24) is 0 Å². The second-order valence-electron chi connectivity index (χ2n) is 8.17. The number of halogens is 3. The molecule has 0 aromatic heterocycles. The van der Waals surface area contributed by atoms with E-state index in [1.165, 1.54) is 7.11 Å². The number of methoxy groups -OCH3 is 1. The summed E-state index contributed by atoms with van der Waals surface area (Å²) in [6.07, 6.45) is 9.77. The summed E-state index contributed by atoms with van der Waals surface area (Å²) >= 11 is 0. The molecule has 2 rings (SSSR count). The van der Waals surface area contributed by atoms with Crippen molar-refractivity contribution in [3.8, 4) is 0 Å². The van der Waals surface area contributed by atoms with Gasteiger partial charge in [0.25, 0.3) is 0 Å². The Hall–Kier alpha value is -3.01. The van der Waals surface area contributed by atoms with Crippen LogP contribution in [0.4, 0.5) is 13.2 Å². The van der Waals surface area contributed by atoms with Gasteiger partial charge in [-0.15, -0.1) is 0 Å². The van der Waals surface area contributed by atoms with Crippen LogP contribution >= 0.6 is 0 Å². The third kappa shape index (κ3) is 6.74. The van der Waals surface area contributed by atoms with Crippen LogP contribution in [0.2, 0.25) is 0 Å². The fraction of sp³-hybridized carbons (Fsp3) is 0.286. The number of allylic oxidation sites excluding steroid dienone is 9. The van der Waals surface area contributed by atoms with E-state index in [1.807, 2.05) is 6.08 Å². The van der Waals surface area contributed by atoms with Gasteiger partial charge in [0.15, 0.2) is 11.6 Å². The van der Waals surface area contributed by atoms with Gasteiger partial charge in [-0.3, -0.25) is 0 Å². The fourth-order valence-corrected chi connectivity index (χ4v) is 3.38. The quantitative estimate of drug-likeness (QED) is 0.262. The molecule has 0 radical (unpaired) electrons. The molecule has 1 aromatic carbocycles. The van der Waals surface area contributed by atoms with Crippen LogP contribution in [-0.4, -0.2) is 7.11 Å². The van der Waals surface area contributed by atoms with Gasteiger partial charge in [0.1, 0.15) is 11.6 Å². The van der Waals surface area contributed by atoms with Gasteiger partial charge in [-0.25, -0.2) is 13.2 Å². The Kier molecular flexibility index (Phi) is 9.13. The minimum Gasteiger partial charge on any atom is -0.497 e. The number of hydrogen-bond donors (Lipinski definition) is 0. The van der Waals surface area contributed by atoms with E-state index in [4.69, 9.17) is 4.74 Å². The van der Waals surface area contributed by atoms with Crippen LogP contribution in [0.1, 0.15) is 43.7 Å². The van der Waals surface area contributed by atoms with Crippen LogP contribution < -0.4 is 0 Å². The zero-order chi connectivity index (χ0) is 23.8. The Morgan fingerprint density at radius 3 is 2.47 bits per heavy atom. The monoisotopic (exact) mass is 440 g/mol. The Morgan fingerprint density at radius 2 is 1.84 bits per heavy atom. The highest BCUT2D eigenvalue weighted by molar-refractivity contribution is 5.67. The maximum absolute atomic E-state index is 14.7. The van der Waals surface area contributed by atoms with E-state index in [1.54, 1.807) is 24.3 Å². The summed E-state index contributed by atoms with van der Waals surface area (Å²) in [7, 11) is 1.39. The highest BCUT2D eigenvalue weighted by Crippen LogP contribution is 2.33. The number of aryl methyl sites for hydroxylation is 1. The molecular weight excluding hydrogens is 409 g/mol. The molecule has 0 amide bonds. The van der Waals surface area contributed by atoms with Crippen LogP contribution in [-0.2, 0) is 11.2 Å². The van der Waals surface area contributed by atoms with Crippen LogP contribution in [0.15, 0.2) is 91.1 Å². The minimum atomic E-state index is -0.804. The Morgan fingerprint density at radius 1 is 1.12 bits per heavy atom. The first-order chi connectivity index (χ1) is 15.1. The lowest BCUT2D eigenvalue weighted by atomic mass is 9.87. The summed E-state index contributed by atoms with van der Waals surface area (Å²) in [5, 5.41) is 0. The molecule has 0 bridgehead atoms. The highest BCUT2D eigenvalue weighted by Gasteiger charge is 2.19. The molecule has 0 heterocycles. The van der Waals surface area contributed by atoms with E-state index in [0.29, 0.717) is 41.0 Å². The molecule has 170 valence electrons. The molecule has 1 aromatic rings. The summed E-state index contributed by atoms with van der Waals surface area (Å²) in [6, 6.07) is 3.32. The molecule has 1 unspecified atom stereocenters. The van der Waals surface area contributed by atoms with Crippen molar-refractivity contribution in [3.05, 3.63) is 114 Å². The van der Waals surface area contributed by atoms with E-state index >= 15 is 0 Å². The Bertz CT molecular complexity index is 1010. The second-order valence-corrected chi connectivity index (χ2v) is 8.17. The molecule has 1 atom stereocenters. The van der Waals surface area contributed by atoms with Crippen molar-refractivity contribution >= 4 is 5.57 Å². The van der Waals surface area contributed by atoms with Gasteiger partial charge < -0.3 is 4.74 Å². The first kappa shape index (κ1) is 25.3. The zero-order valence-electron chi connectivity index (χ0n) is 18.9. The second kappa shape index (κ2) is 11.6. The van der Waals surface area contributed by atoms with Gasteiger partial charge in [-0.2, -0.15) is 0 Å². The standard InChI is InChI=1S/C28H31F3O/c1-18(7-11-20(3)22(5)26(29)17-21(4)32-6)10-14-24-15-16-25(28(31)27(24)30)23-12-8-19(2)9-13-23/h7,11-12,15-17,19H,1,3-5,8-10,13-14H2,2,6H3/b11-7-,26-17+. The molecule has 0 aliphatic heterocycles. The summed E-state index contributed by atoms with van der Waals surface area (Å²) in [5.74, 6) is -1.44. The lowest BCUT2D eigenvalue weighted by Gasteiger charge is -2.19. The van der Waals surface area contributed by atoms with Crippen molar-refractivity contribution in [2.75, 3.05) is 7.11 Å². The molecule has 4 heteroatoms. The van der Waals surface area contributed by atoms with Gasteiger partial charge in [-0.1, -0.05) is 69.2 Å². The molecule has 32 heavy (non-hydrogen) atoms. The van der Waals surface area contributed by atoms with E-state index < -0.39 is 17.5 Å². The van der Waals surface area contributed by atoms with E-state index in [-0.39, 0.29) is 11.3 Å². The predicted octanol–water partition coefficient (Wildman–Crippen LogP) is 8.34. The van der Waals surface area contributed by atoms with Crippen molar-refractivity contribution in [3.63, 3.8) is 0 Å². The molecule has 0 spiro atoms.